The van der Waals surface area contributed by atoms with Crippen LogP contribution in [0.1, 0.15) is 33.3 Å². The van der Waals surface area contributed by atoms with Crippen LogP contribution >= 0.6 is 0 Å². The second-order valence-electron chi connectivity index (χ2n) is 6.96. The lowest BCUT2D eigenvalue weighted by Crippen LogP contribution is -2.38. The Balaban J connectivity index is 1.79. The maximum Gasteiger partial charge on any atom is 0.260 e. The van der Waals surface area contributed by atoms with Gasteiger partial charge < -0.3 is 14.8 Å². The van der Waals surface area contributed by atoms with Crippen molar-refractivity contribution in [2.75, 3.05) is 13.2 Å². The number of carbonyl (C=O) groups is 1. The van der Waals surface area contributed by atoms with Crippen LogP contribution in [0.25, 0.3) is 0 Å². The molecule has 25 heavy (non-hydrogen) atoms. The third-order valence-corrected chi connectivity index (χ3v) is 3.78. The summed E-state index contributed by atoms with van der Waals surface area (Å²) in [6.45, 7) is 9.04. The number of amides is 1. The van der Waals surface area contributed by atoms with Gasteiger partial charge in [0.1, 0.15) is 18.1 Å². The molecule has 1 atom stereocenters. The normalized spacial score (nSPS) is 12.3. The van der Waals surface area contributed by atoms with Crippen LogP contribution in [0, 0.1) is 0 Å². The summed E-state index contributed by atoms with van der Waals surface area (Å²) in [6, 6.07) is 17.3. The van der Waals surface area contributed by atoms with Crippen LogP contribution in [0.2, 0.25) is 0 Å². The molecule has 4 nitrogen and oxygen atoms in total. The van der Waals surface area contributed by atoms with E-state index < -0.39 is 6.10 Å². The first-order valence-corrected chi connectivity index (χ1v) is 8.59. The van der Waals surface area contributed by atoms with Crippen LogP contribution in [0.5, 0.6) is 11.5 Å². The van der Waals surface area contributed by atoms with Crippen LogP contribution in [0.4, 0.5) is 0 Å². The summed E-state index contributed by atoms with van der Waals surface area (Å²) in [5.74, 6) is 1.38. The Bertz CT molecular complexity index is 677. The van der Waals surface area contributed by atoms with Gasteiger partial charge in [-0.05, 0) is 36.1 Å². The molecule has 2 aromatic carbocycles. The van der Waals surface area contributed by atoms with Gasteiger partial charge in [0.2, 0.25) is 0 Å². The smallest absolute Gasteiger partial charge is 0.260 e. The van der Waals surface area contributed by atoms with Crippen LogP contribution in [0.15, 0.2) is 54.6 Å². The molecular weight excluding hydrogens is 314 g/mol. The molecule has 134 valence electrons. The number of nitrogens with one attached hydrogen (secondary N) is 1. The topological polar surface area (TPSA) is 47.6 Å². The molecule has 1 amide bonds. The molecule has 0 heterocycles. The second-order valence-corrected chi connectivity index (χ2v) is 6.96. The zero-order chi connectivity index (χ0) is 18.3. The van der Waals surface area contributed by atoms with Crippen molar-refractivity contribution in [3.8, 4) is 11.5 Å². The summed E-state index contributed by atoms with van der Waals surface area (Å²) in [6.07, 6.45) is -0.552. The monoisotopic (exact) mass is 341 g/mol. The van der Waals surface area contributed by atoms with Crippen molar-refractivity contribution >= 4 is 5.91 Å². The van der Waals surface area contributed by atoms with Crippen molar-refractivity contribution in [3.63, 3.8) is 0 Å². The Hall–Kier alpha value is -2.49. The predicted molar refractivity (Wildman–Crippen MR) is 100 cm³/mol. The molecule has 0 aliphatic rings. The van der Waals surface area contributed by atoms with E-state index in [2.05, 4.69) is 32.2 Å². The van der Waals surface area contributed by atoms with E-state index >= 15 is 0 Å². The van der Waals surface area contributed by atoms with Gasteiger partial charge in [0, 0.05) is 0 Å². The molecule has 0 saturated heterocycles. The van der Waals surface area contributed by atoms with Crippen molar-refractivity contribution < 1.29 is 14.3 Å². The van der Waals surface area contributed by atoms with Gasteiger partial charge in [-0.2, -0.15) is 0 Å². The molecule has 1 N–H and O–H groups in total. The quantitative estimate of drug-likeness (QED) is 0.776. The van der Waals surface area contributed by atoms with E-state index in [-0.39, 0.29) is 11.3 Å². The lowest BCUT2D eigenvalue weighted by Gasteiger charge is -2.22. The molecule has 0 saturated carbocycles. The molecule has 0 aromatic heterocycles. The SMILES string of the molecule is C[C@H](Oc1ccccc1)C(=O)NCCOc1ccccc1C(C)(C)C. The fraction of sp³-hybridized carbons (Fsp3) is 0.381. The van der Waals surface area contributed by atoms with E-state index in [4.69, 9.17) is 9.47 Å². The Morgan fingerprint density at radius 3 is 2.36 bits per heavy atom. The number of rotatable bonds is 7. The van der Waals surface area contributed by atoms with Crippen molar-refractivity contribution in [2.24, 2.45) is 0 Å². The fourth-order valence-electron chi connectivity index (χ4n) is 2.45. The van der Waals surface area contributed by atoms with Gasteiger partial charge in [0.15, 0.2) is 6.10 Å². The molecule has 0 aliphatic heterocycles. The van der Waals surface area contributed by atoms with Gasteiger partial charge in [-0.15, -0.1) is 0 Å². The standard InChI is InChI=1S/C21H27NO3/c1-16(25-17-10-6-5-7-11-17)20(23)22-14-15-24-19-13-9-8-12-18(19)21(2,3)4/h5-13,16H,14-15H2,1-4H3,(H,22,23)/t16-/m0/s1. The van der Waals surface area contributed by atoms with Crippen molar-refractivity contribution in [1.82, 2.24) is 5.32 Å². The number of benzene rings is 2. The van der Waals surface area contributed by atoms with E-state index in [0.717, 1.165) is 11.3 Å². The average molecular weight is 341 g/mol. The molecule has 0 bridgehead atoms. The molecule has 0 aliphatic carbocycles. The number of hydrogen-bond acceptors (Lipinski definition) is 3. The van der Waals surface area contributed by atoms with Gasteiger partial charge in [0.25, 0.3) is 5.91 Å². The lowest BCUT2D eigenvalue weighted by atomic mass is 9.86. The molecule has 2 rings (SSSR count). The largest absolute Gasteiger partial charge is 0.491 e. The Morgan fingerprint density at radius 1 is 1.04 bits per heavy atom. The Labute approximate surface area is 150 Å². The highest BCUT2D eigenvalue weighted by molar-refractivity contribution is 5.80. The molecular formula is C21H27NO3. The molecule has 0 unspecified atom stereocenters. The number of hydrogen-bond donors (Lipinski definition) is 1. The van der Waals surface area contributed by atoms with E-state index in [9.17, 15) is 4.79 Å². The first kappa shape index (κ1) is 18.8. The molecule has 0 radical (unpaired) electrons. The van der Waals surface area contributed by atoms with Crippen LogP contribution in [0.3, 0.4) is 0 Å². The summed E-state index contributed by atoms with van der Waals surface area (Å²) < 4.78 is 11.5. The van der Waals surface area contributed by atoms with E-state index in [1.165, 1.54) is 0 Å². The third kappa shape index (κ3) is 5.82. The maximum atomic E-state index is 12.1. The fourth-order valence-corrected chi connectivity index (χ4v) is 2.45. The van der Waals surface area contributed by atoms with Crippen molar-refractivity contribution in [1.29, 1.82) is 0 Å². The first-order valence-electron chi connectivity index (χ1n) is 8.59. The van der Waals surface area contributed by atoms with E-state index in [1.54, 1.807) is 6.92 Å². The van der Waals surface area contributed by atoms with Crippen molar-refractivity contribution in [2.45, 2.75) is 39.2 Å². The zero-order valence-electron chi connectivity index (χ0n) is 15.4. The van der Waals surface area contributed by atoms with Crippen molar-refractivity contribution in [3.05, 3.63) is 60.2 Å². The summed E-state index contributed by atoms with van der Waals surface area (Å²) in [5, 5.41) is 2.84. The van der Waals surface area contributed by atoms with E-state index in [0.29, 0.717) is 18.9 Å². The Morgan fingerprint density at radius 2 is 1.68 bits per heavy atom. The first-order chi connectivity index (χ1) is 11.9. The van der Waals surface area contributed by atoms with Gasteiger partial charge >= 0.3 is 0 Å². The number of carbonyl (C=O) groups excluding carboxylic acids is 1. The second kappa shape index (κ2) is 8.56. The molecule has 2 aromatic rings. The lowest BCUT2D eigenvalue weighted by molar-refractivity contribution is -0.127. The average Bonchev–Trinajstić information content (AvgIpc) is 2.59. The zero-order valence-corrected chi connectivity index (χ0v) is 15.4. The van der Waals surface area contributed by atoms with Gasteiger partial charge in [-0.1, -0.05) is 57.2 Å². The highest BCUT2D eigenvalue weighted by Crippen LogP contribution is 2.30. The summed E-state index contributed by atoms with van der Waals surface area (Å²) in [5.41, 5.74) is 1.17. The number of para-hydroxylation sites is 2. The summed E-state index contributed by atoms with van der Waals surface area (Å²) in [7, 11) is 0. The maximum absolute atomic E-state index is 12.1. The minimum Gasteiger partial charge on any atom is -0.491 e. The Kier molecular flexibility index (Phi) is 6.45. The van der Waals surface area contributed by atoms with Crippen LogP contribution in [-0.2, 0) is 10.2 Å². The predicted octanol–water partition coefficient (Wildman–Crippen LogP) is 3.95. The molecule has 0 fully saturated rings. The highest BCUT2D eigenvalue weighted by Gasteiger charge is 2.18. The summed E-state index contributed by atoms with van der Waals surface area (Å²) >= 11 is 0. The number of ether oxygens (including phenoxy) is 2. The van der Waals surface area contributed by atoms with Crippen LogP contribution in [-0.4, -0.2) is 25.2 Å². The van der Waals surface area contributed by atoms with Gasteiger partial charge in [0.05, 0.1) is 6.54 Å². The third-order valence-electron chi connectivity index (χ3n) is 3.78. The molecule has 4 heteroatoms. The van der Waals surface area contributed by atoms with Crippen LogP contribution < -0.4 is 14.8 Å². The van der Waals surface area contributed by atoms with Gasteiger partial charge in [-0.25, -0.2) is 0 Å². The van der Waals surface area contributed by atoms with E-state index in [1.807, 2.05) is 48.5 Å². The minimum atomic E-state index is -0.552. The summed E-state index contributed by atoms with van der Waals surface area (Å²) in [4.78, 5) is 12.1. The van der Waals surface area contributed by atoms with Gasteiger partial charge in [-0.3, -0.25) is 4.79 Å². The molecule has 0 spiro atoms. The highest BCUT2D eigenvalue weighted by atomic mass is 16.5. The minimum absolute atomic E-state index is 0.0118.